The number of anilines is 1. The minimum Gasteiger partial charge on any atom is -0.495 e. The van der Waals surface area contributed by atoms with Gasteiger partial charge in [0.15, 0.2) is 0 Å². The summed E-state index contributed by atoms with van der Waals surface area (Å²) < 4.78 is 97.4. The Hall–Kier alpha value is -3.23. The fourth-order valence-corrected chi connectivity index (χ4v) is 2.79. The molecule has 198 valence electrons. The predicted octanol–water partition coefficient (Wildman–Crippen LogP) is 2.77. The molecule has 0 saturated carbocycles. The van der Waals surface area contributed by atoms with E-state index in [2.05, 4.69) is 9.47 Å². The monoisotopic (exact) mass is 518 g/mol. The Morgan fingerprint density at radius 2 is 1.46 bits per heavy atom. The maximum atomic E-state index is 14.2. The van der Waals surface area contributed by atoms with Crippen molar-refractivity contribution in [1.82, 2.24) is 5.32 Å². The Bertz CT molecular complexity index is 938. The molecular formula is C20H24F6N2O7. The third kappa shape index (κ3) is 5.89. The molecule has 0 spiro atoms. The molecule has 3 N–H and O–H groups in total. The molecule has 9 nitrogen and oxygen atoms in total. The number of esters is 2. The second-order valence-corrected chi connectivity index (χ2v) is 6.84. The smallest absolute Gasteiger partial charge is 0.441 e. The quantitative estimate of drug-likeness (QED) is 0.246. The van der Waals surface area contributed by atoms with Crippen molar-refractivity contribution in [3.63, 3.8) is 0 Å². The number of hydrogen-bond acceptors (Lipinski definition) is 8. The number of benzene rings is 1. The molecule has 0 aromatic heterocycles. The van der Waals surface area contributed by atoms with Crippen LogP contribution in [-0.4, -0.2) is 61.3 Å². The Morgan fingerprint density at radius 3 is 1.89 bits per heavy atom. The minimum atomic E-state index is -5.66. The standard InChI is InChI=1S/C20H24F6N2O7/c1-5-14(29)28-18(20(24,25)26,16(31)35-7-3)27-12-10-11(8-9-13(12)33-4)17(32,19(21,22)23)15(30)34-6-2/h8-10,27,32H,5-7H2,1-4H3,(H,28,29)/t17-,18-/m1/s1. The van der Waals surface area contributed by atoms with Gasteiger partial charge in [-0.1, -0.05) is 13.0 Å². The number of ether oxygens (including phenoxy) is 3. The third-order valence-electron chi connectivity index (χ3n) is 4.58. The Balaban J connectivity index is 3.88. The van der Waals surface area contributed by atoms with Gasteiger partial charge in [-0.25, -0.2) is 9.59 Å². The van der Waals surface area contributed by atoms with E-state index in [-0.39, 0.29) is 0 Å². The van der Waals surface area contributed by atoms with Gasteiger partial charge in [-0.15, -0.1) is 0 Å². The van der Waals surface area contributed by atoms with E-state index in [9.17, 15) is 45.8 Å². The summed E-state index contributed by atoms with van der Waals surface area (Å²) >= 11 is 0. The summed E-state index contributed by atoms with van der Waals surface area (Å²) in [6.45, 7) is 2.44. The maximum absolute atomic E-state index is 14.2. The van der Waals surface area contributed by atoms with E-state index in [1.54, 1.807) is 5.32 Å². The minimum absolute atomic E-state index is 0.307. The van der Waals surface area contributed by atoms with Gasteiger partial charge in [0.2, 0.25) is 5.91 Å². The van der Waals surface area contributed by atoms with Crippen molar-refractivity contribution in [3.05, 3.63) is 23.8 Å². The molecule has 1 aromatic rings. The fraction of sp³-hybridized carbons (Fsp3) is 0.550. The Morgan fingerprint density at radius 1 is 0.914 bits per heavy atom. The number of carbonyl (C=O) groups is 3. The zero-order valence-corrected chi connectivity index (χ0v) is 19.0. The molecule has 0 aliphatic carbocycles. The average Bonchev–Trinajstić information content (AvgIpc) is 2.76. The molecule has 35 heavy (non-hydrogen) atoms. The van der Waals surface area contributed by atoms with Gasteiger partial charge in [0, 0.05) is 12.0 Å². The molecule has 1 aromatic carbocycles. The van der Waals surface area contributed by atoms with Crippen molar-refractivity contribution in [2.75, 3.05) is 25.6 Å². The number of aliphatic hydroxyl groups is 1. The van der Waals surface area contributed by atoms with Crippen molar-refractivity contribution < 1.29 is 60.0 Å². The van der Waals surface area contributed by atoms with Crippen LogP contribution in [0.3, 0.4) is 0 Å². The first-order valence-electron chi connectivity index (χ1n) is 10.0. The zero-order chi connectivity index (χ0) is 27.2. The second kappa shape index (κ2) is 11.0. The number of hydrogen-bond donors (Lipinski definition) is 3. The fourth-order valence-electron chi connectivity index (χ4n) is 2.79. The molecule has 0 bridgehead atoms. The highest BCUT2D eigenvalue weighted by atomic mass is 19.4. The molecule has 0 radical (unpaired) electrons. The number of methoxy groups -OCH3 is 1. The van der Waals surface area contributed by atoms with E-state index < -0.39 is 78.1 Å². The van der Waals surface area contributed by atoms with Crippen LogP contribution in [0.5, 0.6) is 5.75 Å². The molecule has 1 rings (SSSR count). The molecule has 0 fully saturated rings. The van der Waals surface area contributed by atoms with Gasteiger partial charge in [-0.2, -0.15) is 26.3 Å². The van der Waals surface area contributed by atoms with Crippen LogP contribution in [-0.2, 0) is 29.5 Å². The highest BCUT2D eigenvalue weighted by Crippen LogP contribution is 2.43. The van der Waals surface area contributed by atoms with Crippen LogP contribution in [0.2, 0.25) is 0 Å². The molecule has 0 unspecified atom stereocenters. The number of rotatable bonds is 10. The van der Waals surface area contributed by atoms with Crippen LogP contribution < -0.4 is 15.4 Å². The van der Waals surface area contributed by atoms with Gasteiger partial charge in [0.05, 0.1) is 26.0 Å². The molecular weight excluding hydrogens is 494 g/mol. The van der Waals surface area contributed by atoms with E-state index in [1.807, 2.05) is 0 Å². The van der Waals surface area contributed by atoms with E-state index in [4.69, 9.17) is 4.74 Å². The summed E-state index contributed by atoms with van der Waals surface area (Å²) in [5.41, 5.74) is -10.5. The molecule has 2 atom stereocenters. The highest BCUT2D eigenvalue weighted by molar-refractivity contribution is 5.92. The van der Waals surface area contributed by atoms with Gasteiger partial charge < -0.3 is 30.0 Å². The second-order valence-electron chi connectivity index (χ2n) is 6.84. The van der Waals surface area contributed by atoms with Crippen LogP contribution in [0.4, 0.5) is 32.0 Å². The van der Waals surface area contributed by atoms with Gasteiger partial charge in [0.25, 0.3) is 5.60 Å². The number of nitrogens with one attached hydrogen (secondary N) is 2. The number of halogens is 6. The molecule has 0 heterocycles. The van der Waals surface area contributed by atoms with Crippen LogP contribution >= 0.6 is 0 Å². The first-order chi connectivity index (χ1) is 16.0. The van der Waals surface area contributed by atoms with Gasteiger partial charge in [0.1, 0.15) is 5.75 Å². The Kier molecular flexibility index (Phi) is 9.37. The molecule has 15 heteroatoms. The summed E-state index contributed by atoms with van der Waals surface area (Å²) in [6, 6.07) is 1.58. The molecule has 1 amide bonds. The first kappa shape index (κ1) is 29.8. The first-order valence-corrected chi connectivity index (χ1v) is 10.0. The summed E-state index contributed by atoms with van der Waals surface area (Å²) in [6.07, 6.45) is -11.8. The van der Waals surface area contributed by atoms with Crippen molar-refractivity contribution >= 4 is 23.5 Å². The van der Waals surface area contributed by atoms with Gasteiger partial charge in [-0.3, -0.25) is 4.79 Å². The molecule has 0 aliphatic rings. The number of alkyl halides is 6. The van der Waals surface area contributed by atoms with Crippen LogP contribution in [0, 0.1) is 0 Å². The highest BCUT2D eigenvalue weighted by Gasteiger charge is 2.65. The number of carbonyl (C=O) groups excluding carboxylic acids is 3. The maximum Gasteiger partial charge on any atom is 0.441 e. The topological polar surface area (TPSA) is 123 Å². The molecule has 0 saturated heterocycles. The van der Waals surface area contributed by atoms with Crippen molar-refractivity contribution in [2.24, 2.45) is 0 Å². The lowest BCUT2D eigenvalue weighted by atomic mass is 9.92. The lowest BCUT2D eigenvalue weighted by Crippen LogP contribution is -2.69. The van der Waals surface area contributed by atoms with Crippen LogP contribution in [0.25, 0.3) is 0 Å². The predicted molar refractivity (Wildman–Crippen MR) is 107 cm³/mol. The SMILES string of the molecule is CCOC(=O)[C@](NC(=O)CC)(Nc1cc([C@@](O)(C(=O)OCC)C(F)(F)F)ccc1OC)C(F)(F)F. The van der Waals surface area contributed by atoms with Crippen LogP contribution in [0.15, 0.2) is 18.2 Å². The van der Waals surface area contributed by atoms with Crippen molar-refractivity contribution in [3.8, 4) is 5.75 Å². The van der Waals surface area contributed by atoms with Crippen LogP contribution in [0.1, 0.15) is 32.8 Å². The lowest BCUT2D eigenvalue weighted by molar-refractivity contribution is -0.267. The van der Waals surface area contributed by atoms with E-state index in [1.165, 1.54) is 26.1 Å². The number of amides is 1. The van der Waals surface area contributed by atoms with Gasteiger partial charge in [-0.05, 0) is 26.0 Å². The summed E-state index contributed by atoms with van der Waals surface area (Å²) in [4.78, 5) is 36.4. The van der Waals surface area contributed by atoms with Gasteiger partial charge >= 0.3 is 30.0 Å². The van der Waals surface area contributed by atoms with E-state index in [0.29, 0.717) is 18.2 Å². The lowest BCUT2D eigenvalue weighted by Gasteiger charge is -2.36. The zero-order valence-electron chi connectivity index (χ0n) is 19.0. The van der Waals surface area contributed by atoms with E-state index >= 15 is 0 Å². The summed E-state index contributed by atoms with van der Waals surface area (Å²) in [5, 5.41) is 13.4. The summed E-state index contributed by atoms with van der Waals surface area (Å²) in [7, 11) is 0.950. The largest absolute Gasteiger partial charge is 0.495 e. The summed E-state index contributed by atoms with van der Waals surface area (Å²) in [5.74, 6) is -5.98. The van der Waals surface area contributed by atoms with Crippen molar-refractivity contribution in [2.45, 2.75) is 50.8 Å². The molecule has 0 aliphatic heterocycles. The Labute approximate surface area is 195 Å². The average molecular weight is 518 g/mol. The normalized spacial score (nSPS) is 15.3. The van der Waals surface area contributed by atoms with Crippen molar-refractivity contribution in [1.29, 1.82) is 0 Å². The van der Waals surface area contributed by atoms with E-state index in [0.717, 1.165) is 7.11 Å². The third-order valence-corrected chi connectivity index (χ3v) is 4.58.